The van der Waals surface area contributed by atoms with Gasteiger partial charge in [-0.3, -0.25) is 0 Å². The Morgan fingerprint density at radius 3 is 2.32 bits per heavy atom. The molecule has 98 valence electrons. The lowest BCUT2D eigenvalue weighted by molar-refractivity contribution is 0.430. The summed E-state index contributed by atoms with van der Waals surface area (Å²) < 4.78 is 27.4. The Morgan fingerprint density at radius 2 is 1.74 bits per heavy atom. The van der Waals surface area contributed by atoms with Gasteiger partial charge >= 0.3 is 0 Å². The molecule has 1 nitrogen and oxygen atoms in total. The summed E-state index contributed by atoms with van der Waals surface area (Å²) in [6, 6.07) is 2.24. The predicted octanol–water partition coefficient (Wildman–Crippen LogP) is 4.63. The van der Waals surface area contributed by atoms with Crippen LogP contribution in [0.3, 0.4) is 0 Å². The largest absolute Gasteiger partial charge is 0.205 e. The van der Waals surface area contributed by atoms with E-state index in [1.165, 1.54) is 6.42 Å². The molecule has 1 aliphatic carbocycles. The highest BCUT2D eigenvalue weighted by Crippen LogP contribution is 2.24. The SMILES string of the molecule is Fc1cc(N=C=S)cc(F)c1C#CC1CCCCC1. The fourth-order valence-corrected chi connectivity index (χ4v) is 2.32. The molecule has 0 amide bonds. The number of nitrogens with zero attached hydrogens (tertiary/aromatic N) is 1. The Kier molecular flexibility index (Phi) is 4.79. The summed E-state index contributed by atoms with van der Waals surface area (Å²) in [4.78, 5) is 3.56. The van der Waals surface area contributed by atoms with Crippen molar-refractivity contribution in [3.05, 3.63) is 29.3 Å². The summed E-state index contributed by atoms with van der Waals surface area (Å²) in [5.74, 6) is 4.46. The summed E-state index contributed by atoms with van der Waals surface area (Å²) in [6.07, 6.45) is 5.55. The molecule has 0 unspecified atom stereocenters. The second-order valence-electron chi connectivity index (χ2n) is 4.59. The van der Waals surface area contributed by atoms with Gasteiger partial charge < -0.3 is 0 Å². The predicted molar refractivity (Wildman–Crippen MR) is 74.5 cm³/mol. The van der Waals surface area contributed by atoms with Gasteiger partial charge in [-0.25, -0.2) is 8.78 Å². The molecule has 0 spiro atoms. The van der Waals surface area contributed by atoms with Crippen molar-refractivity contribution in [3.8, 4) is 11.8 Å². The minimum Gasteiger partial charge on any atom is -0.205 e. The van der Waals surface area contributed by atoms with Crippen LogP contribution in [0.5, 0.6) is 0 Å². The topological polar surface area (TPSA) is 12.4 Å². The molecule has 0 radical (unpaired) electrons. The molecule has 1 aliphatic rings. The van der Waals surface area contributed by atoms with E-state index < -0.39 is 11.6 Å². The number of hydrogen-bond donors (Lipinski definition) is 0. The molecule has 0 N–H and O–H groups in total. The third-order valence-corrected chi connectivity index (χ3v) is 3.30. The number of rotatable bonds is 1. The van der Waals surface area contributed by atoms with Crippen LogP contribution in [0.25, 0.3) is 0 Å². The van der Waals surface area contributed by atoms with Crippen LogP contribution in [0.2, 0.25) is 0 Å². The highest BCUT2D eigenvalue weighted by atomic mass is 32.1. The smallest absolute Gasteiger partial charge is 0.143 e. The first-order chi connectivity index (χ1) is 9.20. The number of halogens is 2. The molecule has 0 atom stereocenters. The van der Waals surface area contributed by atoms with Crippen LogP contribution in [0.1, 0.15) is 37.7 Å². The minimum absolute atomic E-state index is 0.119. The lowest BCUT2D eigenvalue weighted by atomic mass is 9.89. The zero-order valence-corrected chi connectivity index (χ0v) is 11.2. The van der Waals surface area contributed by atoms with Gasteiger partial charge in [0.25, 0.3) is 0 Å². The highest BCUT2D eigenvalue weighted by Gasteiger charge is 2.12. The molecular formula is C15H13F2NS. The summed E-state index contributed by atoms with van der Waals surface area (Å²) in [7, 11) is 0. The Morgan fingerprint density at radius 1 is 1.11 bits per heavy atom. The van der Waals surface area contributed by atoms with E-state index in [0.29, 0.717) is 0 Å². The van der Waals surface area contributed by atoms with E-state index in [-0.39, 0.29) is 17.2 Å². The third kappa shape index (κ3) is 3.70. The van der Waals surface area contributed by atoms with Gasteiger partial charge in [0.1, 0.15) is 11.6 Å². The number of hydrogen-bond acceptors (Lipinski definition) is 2. The van der Waals surface area contributed by atoms with Crippen LogP contribution in [-0.2, 0) is 0 Å². The Labute approximate surface area is 116 Å². The van der Waals surface area contributed by atoms with Crippen LogP contribution in [-0.4, -0.2) is 5.16 Å². The molecule has 4 heteroatoms. The first-order valence-corrected chi connectivity index (χ1v) is 6.70. The van der Waals surface area contributed by atoms with Gasteiger partial charge in [-0.1, -0.05) is 31.1 Å². The first kappa shape index (κ1) is 13.9. The van der Waals surface area contributed by atoms with Crippen LogP contribution in [0, 0.1) is 29.4 Å². The highest BCUT2D eigenvalue weighted by molar-refractivity contribution is 7.78. The first-order valence-electron chi connectivity index (χ1n) is 6.29. The summed E-state index contributed by atoms with van der Waals surface area (Å²) in [5, 5.41) is 2.08. The summed E-state index contributed by atoms with van der Waals surface area (Å²) >= 11 is 4.40. The van der Waals surface area contributed by atoms with Gasteiger partial charge in [-0.15, -0.1) is 0 Å². The molecule has 1 aromatic carbocycles. The van der Waals surface area contributed by atoms with Crippen molar-refractivity contribution < 1.29 is 8.78 Å². The van der Waals surface area contributed by atoms with E-state index in [0.717, 1.165) is 37.8 Å². The van der Waals surface area contributed by atoms with Gasteiger partial charge in [0.2, 0.25) is 0 Å². The molecule has 1 fully saturated rings. The number of thiocarbonyl (C=S) groups is 1. The van der Waals surface area contributed by atoms with Crippen LogP contribution in [0.15, 0.2) is 17.1 Å². The van der Waals surface area contributed by atoms with E-state index in [1.807, 2.05) is 0 Å². The zero-order valence-electron chi connectivity index (χ0n) is 10.4. The third-order valence-electron chi connectivity index (χ3n) is 3.21. The van der Waals surface area contributed by atoms with Crippen LogP contribution < -0.4 is 0 Å². The molecule has 0 aromatic heterocycles. The fourth-order valence-electron chi connectivity index (χ4n) is 2.22. The molecule has 19 heavy (non-hydrogen) atoms. The second kappa shape index (κ2) is 6.56. The molecule has 1 aromatic rings. The van der Waals surface area contributed by atoms with Crippen molar-refractivity contribution in [1.82, 2.24) is 0 Å². The van der Waals surface area contributed by atoms with Crippen molar-refractivity contribution in [2.24, 2.45) is 10.9 Å². The van der Waals surface area contributed by atoms with Crippen LogP contribution >= 0.6 is 12.2 Å². The maximum atomic E-state index is 13.7. The maximum absolute atomic E-state index is 13.7. The van der Waals surface area contributed by atoms with Gasteiger partial charge in [0.05, 0.1) is 16.4 Å². The van der Waals surface area contributed by atoms with Gasteiger partial charge in [-0.2, -0.15) is 4.99 Å². The molecular weight excluding hydrogens is 264 g/mol. The Bertz CT molecular complexity index is 551. The Hall–Kier alpha value is -1.56. The van der Waals surface area contributed by atoms with E-state index in [2.05, 4.69) is 34.2 Å². The zero-order chi connectivity index (χ0) is 13.7. The lowest BCUT2D eigenvalue weighted by Crippen LogP contribution is -2.03. The van der Waals surface area contributed by atoms with Gasteiger partial charge in [0.15, 0.2) is 0 Å². The van der Waals surface area contributed by atoms with Crippen molar-refractivity contribution in [3.63, 3.8) is 0 Å². The van der Waals surface area contributed by atoms with Crippen LogP contribution in [0.4, 0.5) is 14.5 Å². The van der Waals surface area contributed by atoms with E-state index in [9.17, 15) is 8.78 Å². The maximum Gasteiger partial charge on any atom is 0.143 e. The average molecular weight is 277 g/mol. The minimum atomic E-state index is -0.702. The number of isothiocyanates is 1. The average Bonchev–Trinajstić information content (AvgIpc) is 2.39. The molecule has 2 rings (SSSR count). The fraction of sp³-hybridized carbons (Fsp3) is 0.400. The molecule has 0 saturated heterocycles. The van der Waals surface area contributed by atoms with E-state index >= 15 is 0 Å². The summed E-state index contributed by atoms with van der Waals surface area (Å²) in [6.45, 7) is 0. The van der Waals surface area contributed by atoms with E-state index in [1.54, 1.807) is 0 Å². The normalized spacial score (nSPS) is 15.3. The van der Waals surface area contributed by atoms with Crippen molar-refractivity contribution in [2.75, 3.05) is 0 Å². The number of benzene rings is 1. The molecule has 0 heterocycles. The number of aliphatic imine (C=N–C) groups is 1. The van der Waals surface area contributed by atoms with Gasteiger partial charge in [-0.05, 0) is 25.1 Å². The Balaban J connectivity index is 2.25. The standard InChI is InChI=1S/C15H13F2NS/c16-14-8-12(18-10-19)9-15(17)13(14)7-6-11-4-2-1-3-5-11/h8-9,11H,1-5H2. The lowest BCUT2D eigenvalue weighted by Gasteiger charge is -2.15. The van der Waals surface area contributed by atoms with E-state index in [4.69, 9.17) is 0 Å². The molecule has 0 bridgehead atoms. The molecule has 0 aliphatic heterocycles. The molecule has 1 saturated carbocycles. The van der Waals surface area contributed by atoms with Crippen molar-refractivity contribution >= 4 is 23.1 Å². The van der Waals surface area contributed by atoms with Crippen molar-refractivity contribution in [2.45, 2.75) is 32.1 Å². The van der Waals surface area contributed by atoms with Gasteiger partial charge in [0, 0.05) is 18.1 Å². The summed E-state index contributed by atoms with van der Waals surface area (Å²) in [5.41, 5.74) is -0.0675. The monoisotopic (exact) mass is 277 g/mol. The quantitative estimate of drug-likeness (QED) is 0.414. The second-order valence-corrected chi connectivity index (χ2v) is 4.77. The van der Waals surface area contributed by atoms with Crippen molar-refractivity contribution in [1.29, 1.82) is 0 Å².